The van der Waals surface area contributed by atoms with E-state index >= 15 is 0 Å². The number of hydrogen-bond donors (Lipinski definition) is 1. The molecule has 80 valence electrons. The van der Waals surface area contributed by atoms with Crippen LogP contribution in [0.25, 0.3) is 0 Å². The number of nitrogens with one attached hydrogen (secondary N) is 1. The Morgan fingerprint density at radius 2 is 2.36 bits per heavy atom. The van der Waals surface area contributed by atoms with Crippen molar-refractivity contribution in [2.45, 2.75) is 32.9 Å². The standard InChI is InChI=1S/C10H18N2OS/c1-8(2)11-6-9-7-14-10(12-9)4-5-13-3/h7-8,11H,4-6H2,1-3H3. The molecule has 14 heavy (non-hydrogen) atoms. The Morgan fingerprint density at radius 1 is 1.57 bits per heavy atom. The maximum absolute atomic E-state index is 5.00. The highest BCUT2D eigenvalue weighted by atomic mass is 32.1. The third-order valence-corrected chi connectivity index (χ3v) is 2.77. The summed E-state index contributed by atoms with van der Waals surface area (Å²) in [5.74, 6) is 0. The van der Waals surface area contributed by atoms with E-state index in [0.717, 1.165) is 30.3 Å². The van der Waals surface area contributed by atoms with E-state index in [1.807, 2.05) is 0 Å². The van der Waals surface area contributed by atoms with Crippen molar-refractivity contribution in [3.8, 4) is 0 Å². The number of ether oxygens (including phenoxy) is 1. The lowest BCUT2D eigenvalue weighted by Crippen LogP contribution is -2.21. The van der Waals surface area contributed by atoms with Crippen LogP contribution >= 0.6 is 11.3 Å². The molecule has 0 saturated carbocycles. The third-order valence-electron chi connectivity index (χ3n) is 1.81. The lowest BCUT2D eigenvalue weighted by molar-refractivity contribution is 0.202. The van der Waals surface area contributed by atoms with Crippen molar-refractivity contribution < 1.29 is 4.74 Å². The fourth-order valence-corrected chi connectivity index (χ4v) is 1.82. The minimum absolute atomic E-state index is 0.513. The molecular formula is C10H18N2OS. The van der Waals surface area contributed by atoms with Gasteiger partial charge in [0.25, 0.3) is 0 Å². The summed E-state index contributed by atoms with van der Waals surface area (Å²) in [6.45, 7) is 5.89. The van der Waals surface area contributed by atoms with Gasteiger partial charge in [0, 0.05) is 31.5 Å². The summed E-state index contributed by atoms with van der Waals surface area (Å²) in [6.07, 6.45) is 0.919. The zero-order valence-corrected chi connectivity index (χ0v) is 9.86. The summed E-state index contributed by atoms with van der Waals surface area (Å²) in [7, 11) is 1.72. The minimum atomic E-state index is 0.513. The van der Waals surface area contributed by atoms with Crippen molar-refractivity contribution in [3.05, 3.63) is 16.1 Å². The second kappa shape index (κ2) is 6.11. The predicted octanol–water partition coefficient (Wildman–Crippen LogP) is 1.83. The fraction of sp³-hybridized carbons (Fsp3) is 0.700. The molecule has 0 atom stereocenters. The quantitative estimate of drug-likeness (QED) is 0.784. The molecular weight excluding hydrogens is 196 g/mol. The van der Waals surface area contributed by atoms with Gasteiger partial charge in [-0.2, -0.15) is 0 Å². The largest absolute Gasteiger partial charge is 0.384 e. The molecule has 1 aromatic heterocycles. The van der Waals surface area contributed by atoms with Gasteiger partial charge in [-0.1, -0.05) is 13.8 Å². The van der Waals surface area contributed by atoms with Gasteiger partial charge in [-0.25, -0.2) is 4.98 Å². The smallest absolute Gasteiger partial charge is 0.0951 e. The highest BCUT2D eigenvalue weighted by molar-refractivity contribution is 7.09. The number of methoxy groups -OCH3 is 1. The van der Waals surface area contributed by atoms with Crippen LogP contribution in [0.5, 0.6) is 0 Å². The first-order chi connectivity index (χ1) is 6.72. The zero-order chi connectivity index (χ0) is 10.4. The van der Waals surface area contributed by atoms with E-state index in [-0.39, 0.29) is 0 Å². The highest BCUT2D eigenvalue weighted by Crippen LogP contribution is 2.10. The molecule has 0 spiro atoms. The molecule has 0 fully saturated rings. The normalized spacial score (nSPS) is 11.1. The van der Waals surface area contributed by atoms with Gasteiger partial charge in [-0.15, -0.1) is 11.3 Å². The average Bonchev–Trinajstić information content (AvgIpc) is 2.59. The van der Waals surface area contributed by atoms with Gasteiger partial charge < -0.3 is 10.1 Å². The lowest BCUT2D eigenvalue weighted by atomic mass is 10.3. The second-order valence-corrected chi connectivity index (χ2v) is 4.45. The first-order valence-electron chi connectivity index (χ1n) is 4.88. The van der Waals surface area contributed by atoms with Crippen LogP contribution in [-0.2, 0) is 17.7 Å². The van der Waals surface area contributed by atoms with Crippen LogP contribution in [0.15, 0.2) is 5.38 Å². The van der Waals surface area contributed by atoms with E-state index in [9.17, 15) is 0 Å². The Kier molecular flexibility index (Phi) is 5.07. The van der Waals surface area contributed by atoms with Crippen LogP contribution in [0.4, 0.5) is 0 Å². The van der Waals surface area contributed by atoms with Crippen molar-refractivity contribution in [2.24, 2.45) is 0 Å². The number of thiazole rings is 1. The first kappa shape index (κ1) is 11.6. The Bertz CT molecular complexity index is 260. The van der Waals surface area contributed by atoms with Crippen LogP contribution in [0, 0.1) is 0 Å². The average molecular weight is 214 g/mol. The molecule has 1 heterocycles. The molecule has 0 aromatic carbocycles. The molecule has 1 aromatic rings. The first-order valence-corrected chi connectivity index (χ1v) is 5.76. The number of hydrogen-bond acceptors (Lipinski definition) is 4. The molecule has 0 aliphatic carbocycles. The fourth-order valence-electron chi connectivity index (χ4n) is 1.04. The summed E-state index contributed by atoms with van der Waals surface area (Å²) < 4.78 is 5.00. The topological polar surface area (TPSA) is 34.1 Å². The van der Waals surface area contributed by atoms with Crippen LogP contribution in [0.1, 0.15) is 24.5 Å². The van der Waals surface area contributed by atoms with Crippen molar-refractivity contribution in [1.29, 1.82) is 0 Å². The van der Waals surface area contributed by atoms with Gasteiger partial charge in [0.2, 0.25) is 0 Å². The molecule has 1 rings (SSSR count). The molecule has 0 amide bonds. The summed E-state index contributed by atoms with van der Waals surface area (Å²) in [6, 6.07) is 0.513. The van der Waals surface area contributed by atoms with E-state index < -0.39 is 0 Å². The number of rotatable bonds is 6. The summed E-state index contributed by atoms with van der Waals surface area (Å²) >= 11 is 1.71. The lowest BCUT2D eigenvalue weighted by Gasteiger charge is -2.04. The van der Waals surface area contributed by atoms with Gasteiger partial charge in [0.15, 0.2) is 0 Å². The van der Waals surface area contributed by atoms with E-state index in [1.54, 1.807) is 18.4 Å². The van der Waals surface area contributed by atoms with E-state index in [0.29, 0.717) is 6.04 Å². The third kappa shape index (κ3) is 4.17. The maximum Gasteiger partial charge on any atom is 0.0951 e. The molecule has 4 heteroatoms. The van der Waals surface area contributed by atoms with Crippen molar-refractivity contribution >= 4 is 11.3 Å². The van der Waals surface area contributed by atoms with Gasteiger partial charge in [-0.3, -0.25) is 0 Å². The maximum atomic E-state index is 5.00. The Labute approximate surface area is 89.5 Å². The molecule has 0 aliphatic rings. The zero-order valence-electron chi connectivity index (χ0n) is 9.04. The molecule has 0 saturated heterocycles. The van der Waals surface area contributed by atoms with Crippen LogP contribution < -0.4 is 5.32 Å². The van der Waals surface area contributed by atoms with Crippen molar-refractivity contribution in [1.82, 2.24) is 10.3 Å². The SMILES string of the molecule is COCCc1nc(CNC(C)C)cs1. The minimum Gasteiger partial charge on any atom is -0.384 e. The van der Waals surface area contributed by atoms with Gasteiger partial charge >= 0.3 is 0 Å². The number of nitrogens with zero attached hydrogens (tertiary/aromatic N) is 1. The molecule has 0 radical (unpaired) electrons. The van der Waals surface area contributed by atoms with Crippen molar-refractivity contribution in [3.63, 3.8) is 0 Å². The van der Waals surface area contributed by atoms with Crippen LogP contribution in [0.2, 0.25) is 0 Å². The molecule has 0 aliphatic heterocycles. The Hall–Kier alpha value is -0.450. The van der Waals surface area contributed by atoms with Gasteiger partial charge in [0.1, 0.15) is 0 Å². The van der Waals surface area contributed by atoms with Gasteiger partial charge in [-0.05, 0) is 0 Å². The number of aromatic nitrogens is 1. The van der Waals surface area contributed by atoms with Gasteiger partial charge in [0.05, 0.1) is 17.3 Å². The van der Waals surface area contributed by atoms with E-state index in [1.165, 1.54) is 0 Å². The molecule has 1 N–H and O–H groups in total. The molecule has 3 nitrogen and oxygen atoms in total. The van der Waals surface area contributed by atoms with Crippen molar-refractivity contribution in [2.75, 3.05) is 13.7 Å². The highest BCUT2D eigenvalue weighted by Gasteiger charge is 2.02. The Balaban J connectivity index is 2.35. The Morgan fingerprint density at radius 3 is 3.00 bits per heavy atom. The summed E-state index contributed by atoms with van der Waals surface area (Å²) in [5, 5.41) is 6.62. The summed E-state index contributed by atoms with van der Waals surface area (Å²) in [5.41, 5.74) is 1.13. The summed E-state index contributed by atoms with van der Waals surface area (Å²) in [4.78, 5) is 4.50. The van der Waals surface area contributed by atoms with E-state index in [2.05, 4.69) is 29.5 Å². The van der Waals surface area contributed by atoms with Crippen LogP contribution in [0.3, 0.4) is 0 Å². The monoisotopic (exact) mass is 214 g/mol. The predicted molar refractivity (Wildman–Crippen MR) is 59.7 cm³/mol. The second-order valence-electron chi connectivity index (χ2n) is 3.51. The van der Waals surface area contributed by atoms with Crippen LogP contribution in [-0.4, -0.2) is 24.7 Å². The molecule has 0 unspecified atom stereocenters. The molecule has 0 bridgehead atoms. The van der Waals surface area contributed by atoms with E-state index in [4.69, 9.17) is 4.74 Å².